The number of carbonyl (C=O) groups excluding carboxylic acids is 1. The number of hydrogen-bond acceptors (Lipinski definition) is 1. The molecule has 0 atom stereocenters. The summed E-state index contributed by atoms with van der Waals surface area (Å²) in [6.07, 6.45) is 0.455. The highest BCUT2D eigenvalue weighted by molar-refractivity contribution is 6.18. The first-order valence-corrected chi connectivity index (χ1v) is 6.90. The molecule has 0 aliphatic carbocycles. The minimum absolute atomic E-state index is 0.147. The van der Waals surface area contributed by atoms with Crippen molar-refractivity contribution in [2.24, 2.45) is 0 Å². The number of carbonyl (C=O) groups is 1. The molecule has 0 fully saturated rings. The van der Waals surface area contributed by atoms with Crippen LogP contribution in [0.4, 0.5) is 0 Å². The highest BCUT2D eigenvalue weighted by Gasteiger charge is 2.16. The van der Waals surface area contributed by atoms with E-state index in [9.17, 15) is 4.79 Å². The zero-order valence-electron chi connectivity index (χ0n) is 11.7. The van der Waals surface area contributed by atoms with Crippen LogP contribution in [0.25, 0.3) is 0 Å². The van der Waals surface area contributed by atoms with Gasteiger partial charge in [0.15, 0.2) is 0 Å². The van der Waals surface area contributed by atoms with Crippen LogP contribution in [0.3, 0.4) is 0 Å². The van der Waals surface area contributed by atoms with Crippen LogP contribution in [-0.2, 0) is 11.2 Å². The van der Waals surface area contributed by atoms with Crippen molar-refractivity contribution in [2.45, 2.75) is 40.2 Å². The quantitative estimate of drug-likeness (QED) is 0.750. The van der Waals surface area contributed by atoms with Crippen molar-refractivity contribution in [1.82, 2.24) is 4.90 Å². The molecule has 0 N–H and O–H groups in total. The fourth-order valence-electron chi connectivity index (χ4n) is 1.95. The lowest BCUT2D eigenvalue weighted by Gasteiger charge is -2.26. The summed E-state index contributed by atoms with van der Waals surface area (Å²) in [4.78, 5) is 14.0. The van der Waals surface area contributed by atoms with Crippen LogP contribution >= 0.6 is 11.6 Å². The van der Waals surface area contributed by atoms with Crippen LogP contribution in [0.2, 0.25) is 0 Å². The maximum absolute atomic E-state index is 12.2. The average molecular weight is 268 g/mol. The highest BCUT2D eigenvalue weighted by atomic mass is 35.5. The van der Waals surface area contributed by atoms with Gasteiger partial charge in [0.1, 0.15) is 0 Å². The Morgan fingerprint density at radius 1 is 1.28 bits per heavy atom. The van der Waals surface area contributed by atoms with Crippen LogP contribution in [0.1, 0.15) is 30.5 Å². The Balaban J connectivity index is 2.76. The van der Waals surface area contributed by atoms with Crippen molar-refractivity contribution in [1.29, 1.82) is 0 Å². The summed E-state index contributed by atoms with van der Waals surface area (Å²) >= 11 is 5.74. The first kappa shape index (κ1) is 15.0. The van der Waals surface area contributed by atoms with Gasteiger partial charge in [-0.3, -0.25) is 4.79 Å². The number of nitrogens with zero attached hydrogens (tertiary/aromatic N) is 1. The van der Waals surface area contributed by atoms with E-state index in [2.05, 4.69) is 26.0 Å². The largest absolute Gasteiger partial charge is 0.339 e. The number of aryl methyl sites for hydroxylation is 2. The van der Waals surface area contributed by atoms with Gasteiger partial charge in [-0.05, 0) is 44.4 Å². The zero-order valence-corrected chi connectivity index (χ0v) is 12.4. The van der Waals surface area contributed by atoms with Crippen molar-refractivity contribution in [3.8, 4) is 0 Å². The van der Waals surface area contributed by atoms with E-state index in [0.29, 0.717) is 18.8 Å². The molecule has 0 bridgehead atoms. The summed E-state index contributed by atoms with van der Waals surface area (Å²) in [5, 5.41) is 0. The molecule has 0 aliphatic heterocycles. The monoisotopic (exact) mass is 267 g/mol. The molecule has 1 amide bonds. The van der Waals surface area contributed by atoms with E-state index in [1.807, 2.05) is 24.8 Å². The second kappa shape index (κ2) is 6.79. The summed E-state index contributed by atoms with van der Waals surface area (Å²) in [6, 6.07) is 6.38. The highest BCUT2D eigenvalue weighted by Crippen LogP contribution is 2.12. The van der Waals surface area contributed by atoms with E-state index >= 15 is 0 Å². The van der Waals surface area contributed by atoms with Crippen molar-refractivity contribution in [3.63, 3.8) is 0 Å². The maximum atomic E-state index is 12.2. The molecule has 0 aliphatic rings. The van der Waals surface area contributed by atoms with Crippen molar-refractivity contribution < 1.29 is 4.79 Å². The standard InChI is InChI=1S/C15H22ClNO/c1-11(2)17(8-7-16)15(18)10-14-6-5-12(3)13(4)9-14/h5-6,9,11H,7-8,10H2,1-4H3. The first-order valence-electron chi connectivity index (χ1n) is 6.37. The molecule has 1 rings (SSSR count). The maximum Gasteiger partial charge on any atom is 0.227 e. The molecule has 0 spiro atoms. The Hall–Kier alpha value is -1.02. The number of rotatable bonds is 5. The Morgan fingerprint density at radius 2 is 1.94 bits per heavy atom. The Bertz CT molecular complexity index is 415. The van der Waals surface area contributed by atoms with E-state index < -0.39 is 0 Å². The average Bonchev–Trinajstić information content (AvgIpc) is 2.30. The van der Waals surface area contributed by atoms with Crippen LogP contribution in [0, 0.1) is 13.8 Å². The van der Waals surface area contributed by atoms with Gasteiger partial charge in [-0.1, -0.05) is 18.2 Å². The number of amides is 1. The van der Waals surface area contributed by atoms with E-state index in [4.69, 9.17) is 11.6 Å². The Labute approximate surface area is 115 Å². The molecule has 0 aromatic heterocycles. The molecule has 2 nitrogen and oxygen atoms in total. The molecule has 18 heavy (non-hydrogen) atoms. The van der Waals surface area contributed by atoms with Gasteiger partial charge < -0.3 is 4.90 Å². The summed E-state index contributed by atoms with van der Waals surface area (Å²) in [5.41, 5.74) is 3.56. The molecular formula is C15H22ClNO. The van der Waals surface area contributed by atoms with Crippen LogP contribution in [-0.4, -0.2) is 29.3 Å². The van der Waals surface area contributed by atoms with Gasteiger partial charge in [0.05, 0.1) is 6.42 Å². The number of alkyl halides is 1. The van der Waals surface area contributed by atoms with E-state index in [-0.39, 0.29) is 11.9 Å². The topological polar surface area (TPSA) is 20.3 Å². The minimum Gasteiger partial charge on any atom is -0.339 e. The minimum atomic E-state index is 0.147. The molecule has 0 heterocycles. The van der Waals surface area contributed by atoms with Crippen LogP contribution < -0.4 is 0 Å². The molecule has 0 radical (unpaired) electrons. The fourth-order valence-corrected chi connectivity index (χ4v) is 2.13. The molecule has 3 heteroatoms. The molecule has 1 aromatic rings. The van der Waals surface area contributed by atoms with E-state index in [0.717, 1.165) is 5.56 Å². The number of halogens is 1. The lowest BCUT2D eigenvalue weighted by molar-refractivity contribution is -0.131. The smallest absolute Gasteiger partial charge is 0.227 e. The molecule has 1 aromatic carbocycles. The second-order valence-corrected chi connectivity index (χ2v) is 5.34. The summed E-state index contributed by atoms with van der Waals surface area (Å²) in [6.45, 7) is 8.80. The van der Waals surface area contributed by atoms with Crippen molar-refractivity contribution in [3.05, 3.63) is 34.9 Å². The molecule has 0 unspecified atom stereocenters. The van der Waals surface area contributed by atoms with Gasteiger partial charge in [-0.25, -0.2) is 0 Å². The zero-order chi connectivity index (χ0) is 13.7. The number of hydrogen-bond donors (Lipinski definition) is 0. The SMILES string of the molecule is Cc1ccc(CC(=O)N(CCCl)C(C)C)cc1C. The van der Waals surface area contributed by atoms with Gasteiger partial charge in [0.25, 0.3) is 0 Å². The molecule has 0 saturated heterocycles. The van der Waals surface area contributed by atoms with Gasteiger partial charge in [0, 0.05) is 18.5 Å². The first-order chi connectivity index (χ1) is 8.45. The van der Waals surface area contributed by atoms with Gasteiger partial charge in [-0.15, -0.1) is 11.6 Å². The third-order valence-corrected chi connectivity index (χ3v) is 3.36. The van der Waals surface area contributed by atoms with E-state index in [1.165, 1.54) is 11.1 Å². The number of benzene rings is 1. The van der Waals surface area contributed by atoms with Crippen molar-refractivity contribution >= 4 is 17.5 Å². The fraction of sp³-hybridized carbons (Fsp3) is 0.533. The van der Waals surface area contributed by atoms with Gasteiger partial charge in [-0.2, -0.15) is 0 Å². The third kappa shape index (κ3) is 4.02. The normalized spacial score (nSPS) is 10.8. The third-order valence-electron chi connectivity index (χ3n) is 3.20. The molecular weight excluding hydrogens is 246 g/mol. The summed E-state index contributed by atoms with van der Waals surface area (Å²) < 4.78 is 0. The Kier molecular flexibility index (Phi) is 5.67. The Morgan fingerprint density at radius 3 is 2.44 bits per heavy atom. The van der Waals surface area contributed by atoms with Crippen LogP contribution in [0.5, 0.6) is 0 Å². The summed E-state index contributed by atoms with van der Waals surface area (Å²) in [5.74, 6) is 0.630. The predicted molar refractivity (Wildman–Crippen MR) is 77.2 cm³/mol. The lowest BCUT2D eigenvalue weighted by atomic mass is 10.0. The second-order valence-electron chi connectivity index (χ2n) is 4.97. The van der Waals surface area contributed by atoms with Crippen molar-refractivity contribution in [2.75, 3.05) is 12.4 Å². The molecule has 0 saturated carbocycles. The lowest BCUT2D eigenvalue weighted by Crippen LogP contribution is -2.39. The van der Waals surface area contributed by atoms with Gasteiger partial charge >= 0.3 is 0 Å². The summed E-state index contributed by atoms with van der Waals surface area (Å²) in [7, 11) is 0. The van der Waals surface area contributed by atoms with Gasteiger partial charge in [0.2, 0.25) is 5.91 Å². The molecule has 100 valence electrons. The van der Waals surface area contributed by atoms with E-state index in [1.54, 1.807) is 0 Å². The predicted octanol–water partition coefficient (Wildman–Crippen LogP) is 3.32. The van der Waals surface area contributed by atoms with Crippen LogP contribution in [0.15, 0.2) is 18.2 Å².